The fourth-order valence-electron chi connectivity index (χ4n) is 0.935. The van der Waals surface area contributed by atoms with Gasteiger partial charge in [0.1, 0.15) is 5.84 Å². The van der Waals surface area contributed by atoms with E-state index < -0.39 is 0 Å². The highest BCUT2D eigenvalue weighted by molar-refractivity contribution is 6.38. The number of halogens is 2. The van der Waals surface area contributed by atoms with Gasteiger partial charge in [0.2, 0.25) is 0 Å². The van der Waals surface area contributed by atoms with Gasteiger partial charge in [-0.15, -0.1) is 0 Å². The van der Waals surface area contributed by atoms with Crippen molar-refractivity contribution in [1.82, 2.24) is 0 Å². The number of hydrogen-bond donors (Lipinski definition) is 1. The lowest BCUT2D eigenvalue weighted by atomic mass is 10.2. The number of benzene rings is 1. The molecule has 0 bridgehead atoms. The molecule has 5 heteroatoms. The molecule has 3 nitrogen and oxygen atoms in total. The van der Waals surface area contributed by atoms with Crippen molar-refractivity contribution in [2.45, 2.75) is 0 Å². The van der Waals surface area contributed by atoms with Crippen LogP contribution in [0, 0.1) is 0 Å². The minimum absolute atomic E-state index is 0.345. The summed E-state index contributed by atoms with van der Waals surface area (Å²) >= 11 is 11.9. The average Bonchev–Trinajstić information content (AvgIpc) is 2.22. The van der Waals surface area contributed by atoms with E-state index in [4.69, 9.17) is 28.9 Å². The first-order chi connectivity index (χ1) is 7.15. The van der Waals surface area contributed by atoms with Crippen LogP contribution in [0.1, 0.15) is 5.56 Å². The molecule has 0 spiro atoms. The van der Waals surface area contributed by atoms with Crippen LogP contribution < -0.4 is 5.73 Å². The Labute approximate surface area is 98.6 Å². The van der Waals surface area contributed by atoms with Crippen LogP contribution in [0.2, 0.25) is 10.0 Å². The molecule has 0 radical (unpaired) electrons. The van der Waals surface area contributed by atoms with Gasteiger partial charge in [-0.05, 0) is 12.1 Å². The summed E-state index contributed by atoms with van der Waals surface area (Å²) in [7, 11) is 1.62. The summed E-state index contributed by atoms with van der Waals surface area (Å²) in [5, 5.41) is 1.14. The van der Waals surface area contributed by atoms with Crippen molar-refractivity contribution >= 4 is 35.3 Å². The Morgan fingerprint density at radius 1 is 1.40 bits per heavy atom. The Kier molecular flexibility index (Phi) is 4.59. The van der Waals surface area contributed by atoms with Crippen molar-refractivity contribution in [1.29, 1.82) is 0 Å². The van der Waals surface area contributed by atoms with Gasteiger partial charge in [-0.3, -0.25) is 9.98 Å². The summed E-state index contributed by atoms with van der Waals surface area (Å²) < 4.78 is 0. The smallest absolute Gasteiger partial charge is 0.115 e. The van der Waals surface area contributed by atoms with E-state index in [0.717, 1.165) is 0 Å². The van der Waals surface area contributed by atoms with E-state index in [2.05, 4.69) is 9.98 Å². The third-order valence-electron chi connectivity index (χ3n) is 1.76. The summed E-state index contributed by atoms with van der Waals surface area (Å²) in [4.78, 5) is 7.86. The number of rotatable bonds is 3. The summed E-state index contributed by atoms with van der Waals surface area (Å²) in [5.74, 6) is 0.467. The Bertz CT molecular complexity index is 379. The first-order valence-corrected chi connectivity index (χ1v) is 5.05. The van der Waals surface area contributed by atoms with Gasteiger partial charge in [0.15, 0.2) is 0 Å². The molecule has 0 amide bonds. The van der Waals surface area contributed by atoms with Crippen LogP contribution in [0.5, 0.6) is 0 Å². The molecule has 0 fully saturated rings. The normalized spacial score (nSPS) is 12.3. The molecule has 0 unspecified atom stereocenters. The van der Waals surface area contributed by atoms with E-state index in [9.17, 15) is 0 Å². The van der Waals surface area contributed by atoms with Gasteiger partial charge in [0, 0.05) is 18.8 Å². The lowest BCUT2D eigenvalue weighted by Crippen LogP contribution is -2.15. The largest absolute Gasteiger partial charge is 0.386 e. The molecule has 0 aliphatic rings. The predicted molar refractivity (Wildman–Crippen MR) is 66.5 cm³/mol. The molecular weight excluding hydrogens is 233 g/mol. The summed E-state index contributed by atoms with van der Waals surface area (Å²) in [6.07, 6.45) is 1.60. The topological polar surface area (TPSA) is 50.7 Å². The standard InChI is InChI=1S/C10H11Cl2N3/c1-14-10(13)6-15-5-7-8(11)3-2-4-9(7)12/h2-5H,6H2,1H3,(H2,13,14). The highest BCUT2D eigenvalue weighted by Crippen LogP contribution is 2.21. The molecule has 1 aromatic carbocycles. The third kappa shape index (κ3) is 3.53. The first kappa shape index (κ1) is 12.0. The summed E-state index contributed by atoms with van der Waals surface area (Å²) in [6.45, 7) is 0.345. The van der Waals surface area contributed by atoms with E-state index in [0.29, 0.717) is 28.0 Å². The zero-order valence-electron chi connectivity index (χ0n) is 8.24. The Morgan fingerprint density at radius 3 is 2.53 bits per heavy atom. The predicted octanol–water partition coefficient (Wildman–Crippen LogP) is 2.40. The van der Waals surface area contributed by atoms with Crippen LogP contribution in [0.15, 0.2) is 28.2 Å². The molecular formula is C10H11Cl2N3. The van der Waals surface area contributed by atoms with E-state index in [1.54, 1.807) is 31.5 Å². The van der Waals surface area contributed by atoms with Crippen LogP contribution in [-0.2, 0) is 0 Å². The zero-order chi connectivity index (χ0) is 11.3. The average molecular weight is 244 g/mol. The van der Waals surface area contributed by atoms with E-state index in [-0.39, 0.29) is 0 Å². The van der Waals surface area contributed by atoms with Crippen LogP contribution in [-0.4, -0.2) is 25.6 Å². The number of hydrogen-bond acceptors (Lipinski definition) is 2. The van der Waals surface area contributed by atoms with Crippen LogP contribution in [0.3, 0.4) is 0 Å². The van der Waals surface area contributed by atoms with Crippen molar-refractivity contribution in [2.75, 3.05) is 13.6 Å². The highest BCUT2D eigenvalue weighted by Gasteiger charge is 2.01. The van der Waals surface area contributed by atoms with Gasteiger partial charge in [0.25, 0.3) is 0 Å². The molecule has 1 rings (SSSR count). The molecule has 0 saturated carbocycles. The second kappa shape index (κ2) is 5.73. The minimum Gasteiger partial charge on any atom is -0.386 e. The Hall–Kier alpha value is -1.06. The molecule has 2 N–H and O–H groups in total. The minimum atomic E-state index is 0.345. The molecule has 0 aliphatic heterocycles. The molecule has 15 heavy (non-hydrogen) atoms. The Balaban J connectivity index is 2.80. The van der Waals surface area contributed by atoms with E-state index in [1.165, 1.54) is 0 Å². The maximum absolute atomic E-state index is 5.94. The van der Waals surface area contributed by atoms with Crippen LogP contribution in [0.25, 0.3) is 0 Å². The monoisotopic (exact) mass is 243 g/mol. The fourth-order valence-corrected chi connectivity index (χ4v) is 1.43. The molecule has 0 saturated heterocycles. The van der Waals surface area contributed by atoms with Gasteiger partial charge in [-0.1, -0.05) is 29.3 Å². The number of aliphatic imine (C=N–C) groups is 2. The summed E-state index contributed by atoms with van der Waals surface area (Å²) in [5.41, 5.74) is 6.18. The fraction of sp³-hybridized carbons (Fsp3) is 0.200. The maximum Gasteiger partial charge on any atom is 0.115 e. The second-order valence-electron chi connectivity index (χ2n) is 2.82. The van der Waals surface area contributed by atoms with Gasteiger partial charge in [0.05, 0.1) is 16.6 Å². The molecule has 1 aromatic rings. The van der Waals surface area contributed by atoms with E-state index in [1.807, 2.05) is 0 Å². The molecule has 0 aliphatic carbocycles. The Morgan fingerprint density at radius 2 is 2.00 bits per heavy atom. The zero-order valence-corrected chi connectivity index (χ0v) is 9.76. The van der Waals surface area contributed by atoms with Gasteiger partial charge in [-0.2, -0.15) is 0 Å². The van der Waals surface area contributed by atoms with Crippen molar-refractivity contribution in [3.8, 4) is 0 Å². The van der Waals surface area contributed by atoms with Crippen molar-refractivity contribution < 1.29 is 0 Å². The van der Waals surface area contributed by atoms with Gasteiger partial charge in [-0.25, -0.2) is 0 Å². The number of amidine groups is 1. The van der Waals surface area contributed by atoms with Gasteiger partial charge < -0.3 is 5.73 Å². The lowest BCUT2D eigenvalue weighted by Gasteiger charge is -2.00. The van der Waals surface area contributed by atoms with E-state index >= 15 is 0 Å². The molecule has 80 valence electrons. The van der Waals surface area contributed by atoms with Crippen molar-refractivity contribution in [2.24, 2.45) is 15.7 Å². The van der Waals surface area contributed by atoms with Crippen LogP contribution >= 0.6 is 23.2 Å². The maximum atomic E-state index is 5.94. The van der Waals surface area contributed by atoms with Crippen molar-refractivity contribution in [3.05, 3.63) is 33.8 Å². The second-order valence-corrected chi connectivity index (χ2v) is 3.63. The van der Waals surface area contributed by atoms with Crippen molar-refractivity contribution in [3.63, 3.8) is 0 Å². The number of nitrogens with two attached hydrogens (primary N) is 1. The quantitative estimate of drug-likeness (QED) is 0.644. The number of nitrogens with zero attached hydrogens (tertiary/aromatic N) is 2. The highest BCUT2D eigenvalue weighted by atomic mass is 35.5. The van der Waals surface area contributed by atoms with Gasteiger partial charge >= 0.3 is 0 Å². The molecule has 0 aromatic heterocycles. The lowest BCUT2D eigenvalue weighted by molar-refractivity contribution is 1.24. The molecule has 0 heterocycles. The first-order valence-electron chi connectivity index (χ1n) is 4.30. The van der Waals surface area contributed by atoms with Crippen LogP contribution in [0.4, 0.5) is 0 Å². The molecule has 0 atom stereocenters. The third-order valence-corrected chi connectivity index (χ3v) is 2.42. The summed E-state index contributed by atoms with van der Waals surface area (Å²) in [6, 6.07) is 5.29. The SMILES string of the molecule is CN=C(N)CN=Cc1c(Cl)cccc1Cl.